The van der Waals surface area contributed by atoms with Crippen LogP contribution in [0.15, 0.2) is 0 Å². The maximum absolute atomic E-state index is 9.73. The molecule has 0 saturated heterocycles. The van der Waals surface area contributed by atoms with E-state index in [9.17, 15) is 4.79 Å². The van der Waals surface area contributed by atoms with E-state index in [1.807, 2.05) is 5.82 Å². The third kappa shape index (κ3) is 3.79. The monoisotopic (exact) mass is 154 g/mol. The molecule has 2 amide bonds. The Balaban J connectivity index is 2.83. The quantitative estimate of drug-likeness (QED) is 0.482. The SMILES string of the molecule is C[Se]NC(N)=O. The molecule has 0 spiro atoms. The molecule has 0 aromatic heterocycles. The molecule has 0 aromatic rings. The number of hydrogen-bond acceptors (Lipinski definition) is 1. The zero-order valence-electron chi connectivity index (χ0n) is 3.39. The molecular formula is C2H6N2OSe. The van der Waals surface area contributed by atoms with Gasteiger partial charge in [-0.25, -0.2) is 0 Å². The van der Waals surface area contributed by atoms with Crippen LogP contribution in [0.1, 0.15) is 0 Å². The van der Waals surface area contributed by atoms with E-state index in [-0.39, 0.29) is 15.2 Å². The van der Waals surface area contributed by atoms with Crippen molar-refractivity contribution < 1.29 is 4.79 Å². The van der Waals surface area contributed by atoms with Gasteiger partial charge in [-0.3, -0.25) is 0 Å². The van der Waals surface area contributed by atoms with Crippen LogP contribution in [0.2, 0.25) is 5.82 Å². The summed E-state index contributed by atoms with van der Waals surface area (Å²) in [6, 6.07) is -0.433. The van der Waals surface area contributed by atoms with Gasteiger partial charge in [0.05, 0.1) is 0 Å². The second kappa shape index (κ2) is 3.00. The Hall–Kier alpha value is -0.211. The van der Waals surface area contributed by atoms with Gasteiger partial charge in [-0.15, -0.1) is 0 Å². The van der Waals surface area contributed by atoms with E-state index in [1.165, 1.54) is 0 Å². The van der Waals surface area contributed by atoms with Crippen LogP contribution in [-0.2, 0) is 0 Å². The molecule has 3 nitrogen and oxygen atoms in total. The van der Waals surface area contributed by atoms with Crippen LogP contribution in [0, 0.1) is 0 Å². The second-order valence-electron chi connectivity index (χ2n) is 0.670. The molecule has 36 valence electrons. The average molecular weight is 153 g/mol. The molecule has 0 aliphatic heterocycles. The number of nitrogens with one attached hydrogen (secondary N) is 1. The number of amides is 2. The van der Waals surface area contributed by atoms with Crippen molar-refractivity contribution in [3.8, 4) is 0 Å². The summed E-state index contributed by atoms with van der Waals surface area (Å²) in [6.45, 7) is 0. The number of urea groups is 1. The van der Waals surface area contributed by atoms with Gasteiger partial charge in [-0.05, 0) is 0 Å². The van der Waals surface area contributed by atoms with Crippen LogP contribution >= 0.6 is 0 Å². The van der Waals surface area contributed by atoms with Crippen molar-refractivity contribution in [1.82, 2.24) is 4.33 Å². The van der Waals surface area contributed by atoms with Crippen molar-refractivity contribution in [3.05, 3.63) is 0 Å². The fourth-order valence-electron chi connectivity index (χ4n) is 0.101. The predicted molar refractivity (Wildman–Crippen MR) is 24.3 cm³/mol. The molecule has 0 saturated carbocycles. The molecule has 0 atom stereocenters. The fourth-order valence-corrected chi connectivity index (χ4v) is 0.523. The summed E-state index contributed by atoms with van der Waals surface area (Å²) < 4.78 is 2.41. The Bertz CT molecular complexity index is 55.5. The Labute approximate surface area is 42.6 Å². The number of carbonyl (C=O) groups is 1. The topological polar surface area (TPSA) is 55.1 Å². The summed E-state index contributed by atoms with van der Waals surface area (Å²) in [6.07, 6.45) is 0. The second-order valence-corrected chi connectivity index (χ2v) is 1.96. The molecule has 0 fully saturated rings. The first kappa shape index (κ1) is 5.79. The summed E-state index contributed by atoms with van der Waals surface area (Å²) in [4.78, 5) is 9.73. The van der Waals surface area contributed by atoms with E-state index in [2.05, 4.69) is 10.1 Å². The van der Waals surface area contributed by atoms with Crippen LogP contribution in [0.3, 0.4) is 0 Å². The Morgan fingerprint density at radius 2 is 2.50 bits per heavy atom. The molecule has 6 heavy (non-hydrogen) atoms. The number of carbonyl (C=O) groups excluding carboxylic acids is 1. The van der Waals surface area contributed by atoms with Crippen LogP contribution in [-0.4, -0.2) is 21.2 Å². The third-order valence-corrected chi connectivity index (χ3v) is 1.05. The molecule has 4 heteroatoms. The van der Waals surface area contributed by atoms with E-state index >= 15 is 0 Å². The van der Waals surface area contributed by atoms with E-state index < -0.39 is 6.03 Å². The minimum atomic E-state index is -0.433. The summed E-state index contributed by atoms with van der Waals surface area (Å²) in [7, 11) is 0. The van der Waals surface area contributed by atoms with Gasteiger partial charge in [0.2, 0.25) is 0 Å². The van der Waals surface area contributed by atoms with Gasteiger partial charge < -0.3 is 0 Å². The first-order valence-electron chi connectivity index (χ1n) is 1.36. The maximum atomic E-state index is 9.73. The van der Waals surface area contributed by atoms with Gasteiger partial charge in [0.25, 0.3) is 0 Å². The Morgan fingerprint density at radius 1 is 2.00 bits per heavy atom. The van der Waals surface area contributed by atoms with Gasteiger partial charge in [-0.2, -0.15) is 0 Å². The van der Waals surface area contributed by atoms with Crippen molar-refractivity contribution in [2.24, 2.45) is 5.73 Å². The molecule has 0 aliphatic rings. The number of rotatable bonds is 1. The summed E-state index contributed by atoms with van der Waals surface area (Å²) >= 11 is 0.172. The first-order valence-corrected chi connectivity index (χ1v) is 3.92. The minimum absolute atomic E-state index is 0.172. The number of primary amides is 1. The Kier molecular flexibility index (Phi) is 2.89. The van der Waals surface area contributed by atoms with Gasteiger partial charge >= 0.3 is 41.9 Å². The van der Waals surface area contributed by atoms with E-state index in [4.69, 9.17) is 0 Å². The average Bonchev–Trinajstić information content (AvgIpc) is 1.35. The van der Waals surface area contributed by atoms with Crippen molar-refractivity contribution >= 4 is 21.2 Å². The van der Waals surface area contributed by atoms with Crippen molar-refractivity contribution in [2.45, 2.75) is 5.82 Å². The molecular weight excluding hydrogens is 147 g/mol. The zero-order chi connectivity index (χ0) is 4.99. The van der Waals surface area contributed by atoms with Crippen molar-refractivity contribution in [1.29, 1.82) is 0 Å². The van der Waals surface area contributed by atoms with Crippen LogP contribution in [0.25, 0.3) is 0 Å². The molecule has 0 aliphatic carbocycles. The molecule has 0 radical (unpaired) electrons. The standard InChI is InChI=1S/C2H6N2OSe/c1-6-4-2(3)5/h1H3,(H3,3,4,5). The number of nitrogens with two attached hydrogens (primary N) is 1. The van der Waals surface area contributed by atoms with Crippen LogP contribution < -0.4 is 10.1 Å². The van der Waals surface area contributed by atoms with E-state index in [1.54, 1.807) is 0 Å². The summed E-state index contributed by atoms with van der Waals surface area (Å²) in [5.41, 5.74) is 4.67. The van der Waals surface area contributed by atoms with Crippen LogP contribution in [0.5, 0.6) is 0 Å². The zero-order valence-corrected chi connectivity index (χ0v) is 5.11. The van der Waals surface area contributed by atoms with Gasteiger partial charge in [0.1, 0.15) is 0 Å². The molecule has 0 rings (SSSR count). The van der Waals surface area contributed by atoms with Gasteiger partial charge in [-0.1, -0.05) is 0 Å². The normalized spacial score (nSPS) is 7.50. The van der Waals surface area contributed by atoms with Crippen molar-refractivity contribution in [2.75, 3.05) is 0 Å². The molecule has 0 unspecified atom stereocenters. The fraction of sp³-hybridized carbons (Fsp3) is 0.500. The predicted octanol–water partition coefficient (Wildman–Crippen LogP) is -0.678. The molecule has 0 aromatic carbocycles. The summed E-state index contributed by atoms with van der Waals surface area (Å²) in [5.74, 6) is 1.87. The molecule has 3 N–H and O–H groups in total. The molecule has 0 bridgehead atoms. The van der Waals surface area contributed by atoms with E-state index in [0.29, 0.717) is 0 Å². The number of hydrogen-bond donors (Lipinski definition) is 2. The molecule has 0 heterocycles. The van der Waals surface area contributed by atoms with Gasteiger partial charge in [0, 0.05) is 0 Å². The third-order valence-electron chi connectivity index (χ3n) is 0.203. The van der Waals surface area contributed by atoms with Crippen molar-refractivity contribution in [3.63, 3.8) is 0 Å². The first-order chi connectivity index (χ1) is 2.77. The Morgan fingerprint density at radius 3 is 2.50 bits per heavy atom. The van der Waals surface area contributed by atoms with Crippen LogP contribution in [0.4, 0.5) is 4.79 Å². The summed E-state index contributed by atoms with van der Waals surface area (Å²) in [5, 5.41) is 0. The van der Waals surface area contributed by atoms with E-state index in [0.717, 1.165) is 0 Å². The van der Waals surface area contributed by atoms with Gasteiger partial charge in [0.15, 0.2) is 0 Å².